The normalized spacial score (nSPS) is 13.3. The summed E-state index contributed by atoms with van der Waals surface area (Å²) in [7, 11) is 0. The van der Waals surface area contributed by atoms with Gasteiger partial charge in [-0.1, -0.05) is 67.1 Å². The first kappa shape index (κ1) is 18.5. The zero-order valence-corrected chi connectivity index (χ0v) is 14.7. The Labute approximate surface area is 148 Å². The lowest BCUT2D eigenvalue weighted by Gasteiger charge is -2.21. The van der Waals surface area contributed by atoms with Crippen LogP contribution in [0.4, 0.5) is 0 Å². The minimum atomic E-state index is -0.176. The number of halogens is 1. The van der Waals surface area contributed by atoms with Crippen LogP contribution < -0.4 is 5.32 Å². The monoisotopic (exact) mass is 345 g/mol. The Morgan fingerprint density at radius 2 is 1.79 bits per heavy atom. The van der Waals surface area contributed by atoms with Crippen LogP contribution in [0.1, 0.15) is 36.9 Å². The maximum atomic E-state index is 12.6. The molecule has 0 spiro atoms. The molecule has 0 heterocycles. The van der Waals surface area contributed by atoms with Gasteiger partial charge in [0, 0.05) is 17.5 Å². The van der Waals surface area contributed by atoms with Gasteiger partial charge in [-0.25, -0.2) is 0 Å². The fourth-order valence-electron chi connectivity index (χ4n) is 2.70. The highest BCUT2D eigenvalue weighted by Gasteiger charge is 2.19. The molecule has 2 aromatic rings. The van der Waals surface area contributed by atoms with E-state index in [4.69, 9.17) is 16.7 Å². The molecule has 2 unspecified atom stereocenters. The molecule has 0 saturated carbocycles. The number of hydrogen-bond acceptors (Lipinski definition) is 2. The molecule has 4 heteroatoms. The molecule has 0 bridgehead atoms. The third-order valence-electron chi connectivity index (χ3n) is 4.10. The Bertz CT molecular complexity index is 645. The Balaban J connectivity index is 2.02. The van der Waals surface area contributed by atoms with E-state index in [1.54, 1.807) is 0 Å². The fraction of sp³-hybridized carbons (Fsp3) is 0.350. The molecule has 0 radical (unpaired) electrons. The second-order valence-electron chi connectivity index (χ2n) is 6.03. The number of hydrogen-bond donors (Lipinski definition) is 2. The number of carbonyl (C=O) groups excluding carboxylic acids is 1. The van der Waals surface area contributed by atoms with Crippen molar-refractivity contribution in [2.75, 3.05) is 6.61 Å². The largest absolute Gasteiger partial charge is 0.396 e. The molecule has 2 atom stereocenters. The van der Waals surface area contributed by atoms with Crippen molar-refractivity contribution in [1.82, 2.24) is 5.32 Å². The van der Waals surface area contributed by atoms with E-state index in [9.17, 15) is 4.79 Å². The molecule has 0 saturated heterocycles. The summed E-state index contributed by atoms with van der Waals surface area (Å²) < 4.78 is 0. The van der Waals surface area contributed by atoms with E-state index in [2.05, 4.69) is 5.32 Å². The first-order valence-corrected chi connectivity index (χ1v) is 8.69. The lowest BCUT2D eigenvalue weighted by molar-refractivity contribution is -0.125. The SMILES string of the molecule is CC(Cc1ccccc1Cl)C(=O)NC(CCCO)c1ccccc1. The summed E-state index contributed by atoms with van der Waals surface area (Å²) in [4.78, 5) is 12.6. The van der Waals surface area contributed by atoms with Gasteiger partial charge in [-0.2, -0.15) is 0 Å². The maximum Gasteiger partial charge on any atom is 0.223 e. The molecule has 0 aromatic heterocycles. The molecule has 2 aromatic carbocycles. The van der Waals surface area contributed by atoms with Crippen molar-refractivity contribution >= 4 is 17.5 Å². The van der Waals surface area contributed by atoms with Crippen LogP contribution in [0.2, 0.25) is 5.02 Å². The van der Waals surface area contributed by atoms with Crippen molar-refractivity contribution in [3.8, 4) is 0 Å². The summed E-state index contributed by atoms with van der Waals surface area (Å²) in [6.07, 6.45) is 1.97. The standard InChI is InChI=1S/C20H24ClNO2/c1-15(14-17-10-5-6-11-18(17)21)20(24)22-19(12-7-13-23)16-8-3-2-4-9-16/h2-6,8-11,15,19,23H,7,12-14H2,1H3,(H,22,24). The molecule has 0 aliphatic rings. The third kappa shape index (κ3) is 5.36. The quantitative estimate of drug-likeness (QED) is 0.755. The summed E-state index contributed by atoms with van der Waals surface area (Å²) in [6.45, 7) is 2.03. The highest BCUT2D eigenvalue weighted by molar-refractivity contribution is 6.31. The second-order valence-corrected chi connectivity index (χ2v) is 6.44. The predicted octanol–water partition coefficient (Wildman–Crippen LogP) is 4.15. The topological polar surface area (TPSA) is 49.3 Å². The van der Waals surface area contributed by atoms with Crippen LogP contribution in [-0.2, 0) is 11.2 Å². The van der Waals surface area contributed by atoms with Crippen molar-refractivity contribution in [3.05, 3.63) is 70.7 Å². The second kappa shape index (κ2) is 9.45. The first-order valence-electron chi connectivity index (χ1n) is 8.31. The predicted molar refractivity (Wildman–Crippen MR) is 98.0 cm³/mol. The van der Waals surface area contributed by atoms with Gasteiger partial charge in [0.25, 0.3) is 0 Å². The molecule has 24 heavy (non-hydrogen) atoms. The maximum absolute atomic E-state index is 12.6. The van der Waals surface area contributed by atoms with Crippen LogP contribution in [0, 0.1) is 5.92 Å². The first-order chi connectivity index (χ1) is 11.6. The Morgan fingerprint density at radius 1 is 1.12 bits per heavy atom. The molecule has 2 N–H and O–H groups in total. The van der Waals surface area contributed by atoms with Gasteiger partial charge in [0.15, 0.2) is 0 Å². The van der Waals surface area contributed by atoms with E-state index < -0.39 is 0 Å². The van der Waals surface area contributed by atoms with Crippen LogP contribution in [0.15, 0.2) is 54.6 Å². The average Bonchev–Trinajstić information content (AvgIpc) is 2.61. The zero-order valence-electron chi connectivity index (χ0n) is 13.9. The Kier molecular flexibility index (Phi) is 7.29. The van der Waals surface area contributed by atoms with E-state index in [1.165, 1.54) is 0 Å². The summed E-state index contributed by atoms with van der Waals surface area (Å²) in [5.74, 6) is -0.174. The van der Waals surface area contributed by atoms with E-state index in [0.29, 0.717) is 24.3 Å². The lowest BCUT2D eigenvalue weighted by Crippen LogP contribution is -2.34. The van der Waals surface area contributed by atoms with Crippen molar-refractivity contribution < 1.29 is 9.90 Å². The van der Waals surface area contributed by atoms with Gasteiger partial charge in [0.05, 0.1) is 6.04 Å². The number of aliphatic hydroxyl groups excluding tert-OH is 1. The van der Waals surface area contributed by atoms with Gasteiger partial charge in [0.1, 0.15) is 0 Å². The molecule has 0 fully saturated rings. The minimum absolute atomic E-state index is 0.00159. The zero-order chi connectivity index (χ0) is 17.4. The number of benzene rings is 2. The van der Waals surface area contributed by atoms with Crippen LogP contribution in [-0.4, -0.2) is 17.6 Å². The summed E-state index contributed by atoms with van der Waals surface area (Å²) in [5, 5.41) is 12.9. The van der Waals surface area contributed by atoms with Gasteiger partial charge in [-0.15, -0.1) is 0 Å². The van der Waals surface area contributed by atoms with Gasteiger partial charge in [0.2, 0.25) is 5.91 Å². The number of carbonyl (C=O) groups is 1. The molecule has 2 rings (SSSR count). The third-order valence-corrected chi connectivity index (χ3v) is 4.47. The lowest BCUT2D eigenvalue weighted by atomic mass is 9.97. The van der Waals surface area contributed by atoms with Crippen LogP contribution in [0.25, 0.3) is 0 Å². The summed E-state index contributed by atoms with van der Waals surface area (Å²) in [5.41, 5.74) is 2.04. The highest BCUT2D eigenvalue weighted by atomic mass is 35.5. The van der Waals surface area contributed by atoms with E-state index in [0.717, 1.165) is 11.1 Å². The minimum Gasteiger partial charge on any atom is -0.396 e. The number of nitrogens with one attached hydrogen (secondary N) is 1. The van der Waals surface area contributed by atoms with Crippen LogP contribution in [0.5, 0.6) is 0 Å². The molecule has 1 amide bonds. The van der Waals surface area contributed by atoms with E-state index in [1.807, 2.05) is 61.5 Å². The smallest absolute Gasteiger partial charge is 0.223 e. The fourth-order valence-corrected chi connectivity index (χ4v) is 2.92. The molecule has 0 aliphatic carbocycles. The van der Waals surface area contributed by atoms with Crippen molar-refractivity contribution in [2.24, 2.45) is 5.92 Å². The van der Waals surface area contributed by atoms with E-state index >= 15 is 0 Å². The van der Waals surface area contributed by atoms with Crippen LogP contribution in [0.3, 0.4) is 0 Å². The Morgan fingerprint density at radius 3 is 2.46 bits per heavy atom. The summed E-state index contributed by atoms with van der Waals surface area (Å²) in [6, 6.07) is 17.4. The van der Waals surface area contributed by atoms with E-state index in [-0.39, 0.29) is 24.5 Å². The molecular weight excluding hydrogens is 322 g/mol. The molecule has 3 nitrogen and oxygen atoms in total. The number of aliphatic hydroxyl groups is 1. The van der Waals surface area contributed by atoms with Crippen molar-refractivity contribution in [1.29, 1.82) is 0 Å². The Hall–Kier alpha value is -1.84. The van der Waals surface area contributed by atoms with Crippen molar-refractivity contribution in [3.63, 3.8) is 0 Å². The summed E-state index contributed by atoms with van der Waals surface area (Å²) >= 11 is 6.18. The van der Waals surface area contributed by atoms with Gasteiger partial charge >= 0.3 is 0 Å². The highest BCUT2D eigenvalue weighted by Crippen LogP contribution is 2.21. The van der Waals surface area contributed by atoms with Crippen molar-refractivity contribution in [2.45, 2.75) is 32.2 Å². The average molecular weight is 346 g/mol. The number of rotatable bonds is 8. The molecular formula is C20H24ClNO2. The molecule has 0 aliphatic heterocycles. The van der Waals surface area contributed by atoms with Crippen LogP contribution >= 0.6 is 11.6 Å². The molecule has 128 valence electrons. The number of amides is 1. The van der Waals surface area contributed by atoms with Gasteiger partial charge in [-0.3, -0.25) is 4.79 Å². The van der Waals surface area contributed by atoms with Gasteiger partial charge < -0.3 is 10.4 Å². The van der Waals surface area contributed by atoms with Gasteiger partial charge in [-0.05, 0) is 36.5 Å².